The lowest BCUT2D eigenvalue weighted by atomic mass is 10.1. The van der Waals surface area contributed by atoms with Gasteiger partial charge in [0.05, 0.1) is 27.3 Å². The fourth-order valence-corrected chi connectivity index (χ4v) is 5.39. The lowest BCUT2D eigenvalue weighted by Crippen LogP contribution is -2.38. The summed E-state index contributed by atoms with van der Waals surface area (Å²) < 4.78 is 48.9. The zero-order valence-electron chi connectivity index (χ0n) is 32.2. The number of methoxy groups -OCH3 is 2. The van der Waals surface area contributed by atoms with E-state index in [1.807, 2.05) is 48.5 Å². The maximum atomic E-state index is 13.3. The van der Waals surface area contributed by atoms with Crippen molar-refractivity contribution in [1.82, 2.24) is 20.9 Å². The van der Waals surface area contributed by atoms with Crippen molar-refractivity contribution >= 4 is 11.8 Å². The summed E-state index contributed by atoms with van der Waals surface area (Å²) in [5.74, 6) is 2.37. The van der Waals surface area contributed by atoms with Crippen LogP contribution in [0.25, 0.3) is 0 Å². The van der Waals surface area contributed by atoms with Gasteiger partial charge in [-0.15, -0.1) is 0 Å². The maximum Gasteiger partial charge on any atom is 0.233 e. The van der Waals surface area contributed by atoms with Crippen LogP contribution in [0.3, 0.4) is 0 Å². The molecule has 4 aromatic carbocycles. The van der Waals surface area contributed by atoms with E-state index in [-0.39, 0.29) is 36.7 Å². The molecule has 2 amide bonds. The smallest absolute Gasteiger partial charge is 0.233 e. The lowest BCUT2D eigenvalue weighted by molar-refractivity contribution is -0.122. The molecule has 0 unspecified atom stereocenters. The van der Waals surface area contributed by atoms with Crippen molar-refractivity contribution in [3.05, 3.63) is 119 Å². The quantitative estimate of drug-likeness (QED) is 0.0953. The van der Waals surface area contributed by atoms with Crippen molar-refractivity contribution < 1.29 is 37.3 Å². The monoisotopic (exact) mass is 748 g/mol. The molecule has 0 bridgehead atoms. The molecule has 0 atom stereocenters. The first kappa shape index (κ1) is 43.2. The summed E-state index contributed by atoms with van der Waals surface area (Å²) in [5, 5.41) is 8.31. The van der Waals surface area contributed by atoms with Crippen LogP contribution in [-0.2, 0) is 35.6 Å². The largest absolute Gasteiger partial charge is 0.493 e. The van der Waals surface area contributed by atoms with Gasteiger partial charge in [0.2, 0.25) is 11.8 Å². The van der Waals surface area contributed by atoms with E-state index in [0.29, 0.717) is 48.6 Å². The highest BCUT2D eigenvalue weighted by Crippen LogP contribution is 2.30. The molecule has 4 rings (SSSR count). The number of halogens is 2. The molecule has 0 radical (unpaired) electrons. The van der Waals surface area contributed by atoms with Crippen LogP contribution >= 0.6 is 0 Å². The summed E-state index contributed by atoms with van der Waals surface area (Å²) in [6.07, 6.45) is 1.56. The minimum absolute atomic E-state index is 0.0179. The number of ether oxygens (including phenoxy) is 4. The first-order valence-electron chi connectivity index (χ1n) is 18.0. The van der Waals surface area contributed by atoms with Gasteiger partial charge in [0, 0.05) is 27.2 Å². The summed E-state index contributed by atoms with van der Waals surface area (Å²) in [7, 11) is 6.45. The molecule has 0 aliphatic carbocycles. The normalized spacial score (nSPS) is 10.7. The molecular formula is C42H54F2N4O6. The van der Waals surface area contributed by atoms with Crippen LogP contribution in [0.4, 0.5) is 8.78 Å². The summed E-state index contributed by atoms with van der Waals surface area (Å²) in [6, 6.07) is 24.2. The van der Waals surface area contributed by atoms with Gasteiger partial charge in [0.1, 0.15) is 24.8 Å². The second-order valence-electron chi connectivity index (χ2n) is 13.0. The number of carbonyl (C=O) groups is 2. The van der Waals surface area contributed by atoms with E-state index in [4.69, 9.17) is 18.9 Å². The van der Waals surface area contributed by atoms with Crippen LogP contribution in [0.1, 0.15) is 36.1 Å². The molecule has 3 N–H and O–H groups in total. The number of nitrogens with zero attached hydrogens (tertiary/aromatic N) is 1. The molecule has 54 heavy (non-hydrogen) atoms. The Morgan fingerprint density at radius 2 is 1.19 bits per heavy atom. The molecule has 0 saturated heterocycles. The van der Waals surface area contributed by atoms with Gasteiger partial charge in [-0.25, -0.2) is 8.78 Å². The summed E-state index contributed by atoms with van der Waals surface area (Å²) in [6.45, 7) is 7.82. The van der Waals surface area contributed by atoms with Gasteiger partial charge in [0.25, 0.3) is 0 Å². The Kier molecular flexibility index (Phi) is 18.8. The van der Waals surface area contributed by atoms with Crippen molar-refractivity contribution in [1.29, 1.82) is 0 Å². The minimum atomic E-state index is -0.285. The Labute approximate surface area is 318 Å². The van der Waals surface area contributed by atoms with Crippen LogP contribution < -0.4 is 34.9 Å². The summed E-state index contributed by atoms with van der Waals surface area (Å²) in [4.78, 5) is 25.1. The Hall–Kier alpha value is -5.20. The molecule has 0 saturated carbocycles. The molecule has 0 fully saturated rings. The van der Waals surface area contributed by atoms with Gasteiger partial charge in [-0.05, 0) is 96.1 Å². The van der Waals surface area contributed by atoms with Gasteiger partial charge >= 0.3 is 0 Å². The van der Waals surface area contributed by atoms with Crippen molar-refractivity contribution in [2.75, 3.05) is 61.0 Å². The predicted molar refractivity (Wildman–Crippen MR) is 207 cm³/mol. The average Bonchev–Trinajstić information content (AvgIpc) is 3.17. The SMILES string of the molecule is CNC(=O)CN(CCc1ccc(OCc2cccc(F)c2)c(OC)c1)CC(C)C.CNC(=O)CNCCc1ccc(OCc2cccc(F)c2)c(OC)c1. The summed E-state index contributed by atoms with van der Waals surface area (Å²) in [5.41, 5.74) is 3.68. The fourth-order valence-electron chi connectivity index (χ4n) is 5.39. The van der Waals surface area contributed by atoms with Gasteiger partial charge in [0.15, 0.2) is 23.0 Å². The third-order valence-electron chi connectivity index (χ3n) is 8.16. The van der Waals surface area contributed by atoms with Crippen LogP contribution in [0.5, 0.6) is 23.0 Å². The van der Waals surface area contributed by atoms with Crippen molar-refractivity contribution in [2.45, 2.75) is 39.9 Å². The van der Waals surface area contributed by atoms with Gasteiger partial charge in [-0.3, -0.25) is 14.5 Å². The standard InChI is InChI=1S/C23H31FN2O3.C19H23FN2O3/c1-17(2)14-26(15-23(27)25-3)11-10-18-8-9-21(22(13-18)28-4)29-16-19-6-5-7-20(24)12-19;1-21-19(23)12-22-9-8-14-6-7-17(18(11-14)24-2)25-13-15-4-3-5-16(20)10-15/h5-9,12-13,17H,10-11,14-16H2,1-4H3,(H,25,27);3-7,10-11,22H,8-9,12-13H2,1-2H3,(H,21,23). The van der Waals surface area contributed by atoms with Gasteiger partial charge in [-0.2, -0.15) is 0 Å². The lowest BCUT2D eigenvalue weighted by Gasteiger charge is -2.23. The molecule has 0 aliphatic heterocycles. The second-order valence-corrected chi connectivity index (χ2v) is 13.0. The highest BCUT2D eigenvalue weighted by atomic mass is 19.1. The first-order chi connectivity index (χ1) is 26.0. The van der Waals surface area contributed by atoms with E-state index in [1.54, 1.807) is 40.4 Å². The Bertz CT molecular complexity index is 1760. The van der Waals surface area contributed by atoms with E-state index in [1.165, 1.54) is 24.3 Å². The molecule has 0 aliphatic rings. The third kappa shape index (κ3) is 15.8. The first-order valence-corrected chi connectivity index (χ1v) is 18.0. The molecular weight excluding hydrogens is 694 g/mol. The number of rotatable bonds is 20. The third-order valence-corrected chi connectivity index (χ3v) is 8.16. The zero-order valence-corrected chi connectivity index (χ0v) is 32.2. The van der Waals surface area contributed by atoms with E-state index >= 15 is 0 Å². The highest BCUT2D eigenvalue weighted by Gasteiger charge is 2.13. The van der Waals surface area contributed by atoms with Crippen molar-refractivity contribution in [3.63, 3.8) is 0 Å². The predicted octanol–water partition coefficient (Wildman–Crippen LogP) is 5.95. The molecule has 10 nitrogen and oxygen atoms in total. The molecule has 4 aromatic rings. The Morgan fingerprint density at radius 1 is 0.667 bits per heavy atom. The molecule has 0 spiro atoms. The topological polar surface area (TPSA) is 110 Å². The van der Waals surface area contributed by atoms with Crippen LogP contribution in [0, 0.1) is 17.6 Å². The Morgan fingerprint density at radius 3 is 1.65 bits per heavy atom. The average molecular weight is 749 g/mol. The summed E-state index contributed by atoms with van der Waals surface area (Å²) >= 11 is 0. The van der Waals surface area contributed by atoms with Crippen LogP contribution in [0.15, 0.2) is 84.9 Å². The van der Waals surface area contributed by atoms with E-state index < -0.39 is 0 Å². The second kappa shape index (κ2) is 23.5. The maximum absolute atomic E-state index is 13.3. The number of amides is 2. The van der Waals surface area contributed by atoms with Gasteiger partial charge in [-0.1, -0.05) is 50.2 Å². The van der Waals surface area contributed by atoms with E-state index in [0.717, 1.165) is 48.2 Å². The number of hydrogen-bond acceptors (Lipinski definition) is 8. The zero-order chi connectivity index (χ0) is 39.3. The van der Waals surface area contributed by atoms with Crippen LogP contribution in [0.2, 0.25) is 0 Å². The number of benzene rings is 4. The molecule has 12 heteroatoms. The van der Waals surface area contributed by atoms with Crippen LogP contribution in [-0.4, -0.2) is 77.8 Å². The molecule has 0 heterocycles. The Balaban J connectivity index is 0.000000294. The number of carbonyl (C=O) groups excluding carboxylic acids is 2. The molecule has 292 valence electrons. The number of likely N-dealkylation sites (N-methyl/N-ethyl adjacent to an activating group) is 2. The van der Waals surface area contributed by atoms with Gasteiger partial charge < -0.3 is 34.9 Å². The van der Waals surface area contributed by atoms with Crippen molar-refractivity contribution in [2.24, 2.45) is 5.92 Å². The number of hydrogen-bond donors (Lipinski definition) is 3. The molecule has 0 aromatic heterocycles. The van der Waals surface area contributed by atoms with E-state index in [9.17, 15) is 18.4 Å². The minimum Gasteiger partial charge on any atom is -0.493 e. The van der Waals surface area contributed by atoms with E-state index in [2.05, 4.69) is 34.7 Å². The number of nitrogens with one attached hydrogen (secondary N) is 3. The van der Waals surface area contributed by atoms with Crippen molar-refractivity contribution in [3.8, 4) is 23.0 Å². The highest BCUT2D eigenvalue weighted by molar-refractivity contribution is 5.78. The fraction of sp³-hybridized carbons (Fsp3) is 0.381.